The van der Waals surface area contributed by atoms with Crippen LogP contribution in [0.3, 0.4) is 0 Å². The quantitative estimate of drug-likeness (QED) is 0.655. The van der Waals surface area contributed by atoms with Crippen LogP contribution in [0.2, 0.25) is 0 Å². The summed E-state index contributed by atoms with van der Waals surface area (Å²) in [6.07, 6.45) is 1.73. The van der Waals surface area contributed by atoms with E-state index in [-0.39, 0.29) is 18.2 Å². The number of anilines is 2. The molecule has 0 radical (unpaired) electrons. The molecule has 2 aromatic rings. The average Bonchev–Trinajstić information content (AvgIpc) is 2.64. The first-order chi connectivity index (χ1) is 12.1. The average molecular weight is 347 g/mol. The van der Waals surface area contributed by atoms with Crippen LogP contribution in [0.4, 0.5) is 20.3 Å². The highest BCUT2D eigenvalue weighted by Gasteiger charge is 2.11. The number of aromatic nitrogens is 1. The van der Waals surface area contributed by atoms with E-state index in [9.17, 15) is 8.78 Å². The number of ether oxygens (including phenoxy) is 1. The van der Waals surface area contributed by atoms with Gasteiger partial charge >= 0.3 is 0 Å². The second-order valence-electron chi connectivity index (χ2n) is 5.57. The van der Waals surface area contributed by atoms with Gasteiger partial charge in [-0.15, -0.1) is 0 Å². The van der Waals surface area contributed by atoms with Crippen molar-refractivity contribution in [1.82, 2.24) is 4.98 Å². The molecule has 0 saturated carbocycles. The van der Waals surface area contributed by atoms with Gasteiger partial charge in [0.15, 0.2) is 5.96 Å². The molecular weight excluding hydrogens is 328 g/mol. The molecule has 132 valence electrons. The maximum Gasteiger partial charge on any atom is 0.193 e. The van der Waals surface area contributed by atoms with E-state index in [1.807, 2.05) is 12.1 Å². The van der Waals surface area contributed by atoms with E-state index in [1.54, 1.807) is 6.20 Å². The lowest BCUT2D eigenvalue weighted by molar-refractivity contribution is 0.122. The number of guanidine groups is 1. The van der Waals surface area contributed by atoms with Crippen molar-refractivity contribution < 1.29 is 13.5 Å². The Hall–Kier alpha value is -2.74. The van der Waals surface area contributed by atoms with Gasteiger partial charge in [0.1, 0.15) is 17.5 Å². The Morgan fingerprint density at radius 3 is 2.76 bits per heavy atom. The fourth-order valence-electron chi connectivity index (χ4n) is 2.44. The van der Waals surface area contributed by atoms with E-state index in [0.717, 1.165) is 42.7 Å². The molecule has 1 aromatic heterocycles. The van der Waals surface area contributed by atoms with E-state index in [4.69, 9.17) is 10.5 Å². The molecule has 25 heavy (non-hydrogen) atoms. The van der Waals surface area contributed by atoms with Crippen LogP contribution in [0.25, 0.3) is 0 Å². The third-order valence-corrected chi connectivity index (χ3v) is 3.77. The molecule has 8 heteroatoms. The van der Waals surface area contributed by atoms with Crippen LogP contribution in [-0.4, -0.2) is 37.2 Å². The largest absolute Gasteiger partial charge is 0.378 e. The Morgan fingerprint density at radius 2 is 2.04 bits per heavy atom. The highest BCUT2D eigenvalue weighted by molar-refractivity contribution is 5.92. The zero-order chi connectivity index (χ0) is 17.6. The first kappa shape index (κ1) is 17.1. The molecule has 3 N–H and O–H groups in total. The molecule has 1 saturated heterocycles. The number of nitrogens with zero attached hydrogens (tertiary/aromatic N) is 3. The predicted molar refractivity (Wildman–Crippen MR) is 92.6 cm³/mol. The topological polar surface area (TPSA) is 75.8 Å². The van der Waals surface area contributed by atoms with Crippen LogP contribution in [0, 0.1) is 11.6 Å². The number of aliphatic imine (C=N–C) groups is 1. The van der Waals surface area contributed by atoms with Gasteiger partial charge in [0.25, 0.3) is 0 Å². The van der Waals surface area contributed by atoms with Crippen molar-refractivity contribution in [3.8, 4) is 0 Å². The highest BCUT2D eigenvalue weighted by Crippen LogP contribution is 2.15. The molecule has 2 heterocycles. The van der Waals surface area contributed by atoms with Crippen molar-refractivity contribution in [2.24, 2.45) is 10.7 Å². The van der Waals surface area contributed by atoms with Crippen LogP contribution < -0.4 is 16.0 Å². The summed E-state index contributed by atoms with van der Waals surface area (Å²) < 4.78 is 32.0. The second kappa shape index (κ2) is 7.89. The third kappa shape index (κ3) is 4.63. The fourth-order valence-corrected chi connectivity index (χ4v) is 2.44. The van der Waals surface area contributed by atoms with Gasteiger partial charge in [0.05, 0.1) is 25.4 Å². The predicted octanol–water partition coefficient (Wildman–Crippen LogP) is 2.12. The van der Waals surface area contributed by atoms with Gasteiger partial charge in [-0.1, -0.05) is 6.07 Å². The van der Waals surface area contributed by atoms with Crippen LogP contribution in [0.15, 0.2) is 41.5 Å². The van der Waals surface area contributed by atoms with E-state index in [0.29, 0.717) is 13.2 Å². The molecule has 0 atom stereocenters. The summed E-state index contributed by atoms with van der Waals surface area (Å²) in [6, 6.07) is 6.93. The smallest absolute Gasteiger partial charge is 0.193 e. The summed E-state index contributed by atoms with van der Waals surface area (Å²) in [5, 5.41) is 2.55. The van der Waals surface area contributed by atoms with Gasteiger partial charge in [-0.05, 0) is 23.8 Å². The van der Waals surface area contributed by atoms with Gasteiger partial charge in [-0.2, -0.15) is 0 Å². The monoisotopic (exact) mass is 347 g/mol. The van der Waals surface area contributed by atoms with Gasteiger partial charge in [-0.25, -0.2) is 18.8 Å². The first-order valence-electron chi connectivity index (χ1n) is 7.91. The summed E-state index contributed by atoms with van der Waals surface area (Å²) in [4.78, 5) is 10.7. The van der Waals surface area contributed by atoms with Crippen LogP contribution in [-0.2, 0) is 11.3 Å². The van der Waals surface area contributed by atoms with Gasteiger partial charge in [0, 0.05) is 25.4 Å². The van der Waals surface area contributed by atoms with Gasteiger partial charge in [0.2, 0.25) is 0 Å². The lowest BCUT2D eigenvalue weighted by Gasteiger charge is -2.27. The van der Waals surface area contributed by atoms with Crippen molar-refractivity contribution in [3.63, 3.8) is 0 Å². The van der Waals surface area contributed by atoms with Crippen molar-refractivity contribution in [1.29, 1.82) is 0 Å². The third-order valence-electron chi connectivity index (χ3n) is 3.77. The Balaban J connectivity index is 1.59. The number of hydrogen-bond acceptors (Lipinski definition) is 4. The second-order valence-corrected chi connectivity index (χ2v) is 5.57. The molecule has 0 amide bonds. The van der Waals surface area contributed by atoms with E-state index < -0.39 is 11.6 Å². The van der Waals surface area contributed by atoms with Crippen LogP contribution in [0.1, 0.15) is 5.56 Å². The van der Waals surface area contributed by atoms with Crippen molar-refractivity contribution >= 4 is 17.5 Å². The standard InChI is InChI=1S/C17H19F2N5O/c18-13-2-3-14(19)15(9-13)23-17(20)22-11-12-1-4-16(21-10-12)24-5-7-25-8-6-24/h1-4,9-10H,5-8,11H2,(H3,20,22,23). The molecule has 0 bridgehead atoms. The van der Waals surface area contributed by atoms with Gasteiger partial charge < -0.3 is 20.7 Å². The molecule has 6 nitrogen and oxygen atoms in total. The molecule has 0 spiro atoms. The highest BCUT2D eigenvalue weighted by atomic mass is 19.1. The number of hydrogen-bond donors (Lipinski definition) is 2. The maximum atomic E-state index is 13.6. The molecule has 0 aliphatic carbocycles. The van der Waals surface area contributed by atoms with Crippen molar-refractivity contribution in [2.75, 3.05) is 36.5 Å². The minimum atomic E-state index is -0.601. The van der Waals surface area contributed by atoms with Crippen molar-refractivity contribution in [2.45, 2.75) is 6.54 Å². The minimum Gasteiger partial charge on any atom is -0.378 e. The maximum absolute atomic E-state index is 13.6. The number of nitrogens with two attached hydrogens (primary N) is 1. The van der Waals surface area contributed by atoms with E-state index >= 15 is 0 Å². The van der Waals surface area contributed by atoms with E-state index in [2.05, 4.69) is 20.2 Å². The Labute approximate surface area is 144 Å². The molecule has 0 unspecified atom stereocenters. The zero-order valence-electron chi connectivity index (χ0n) is 13.6. The van der Waals surface area contributed by atoms with Crippen molar-refractivity contribution in [3.05, 3.63) is 53.7 Å². The lowest BCUT2D eigenvalue weighted by Crippen LogP contribution is -2.36. The van der Waals surface area contributed by atoms with Crippen LogP contribution in [0.5, 0.6) is 0 Å². The fraction of sp³-hybridized carbons (Fsp3) is 0.294. The Morgan fingerprint density at radius 1 is 1.24 bits per heavy atom. The number of halogens is 2. The molecular formula is C17H19F2N5O. The number of nitrogens with one attached hydrogen (secondary N) is 1. The summed E-state index contributed by atoms with van der Waals surface area (Å²) in [5.74, 6) is -0.263. The lowest BCUT2D eigenvalue weighted by atomic mass is 10.2. The molecule has 1 fully saturated rings. The number of morpholine rings is 1. The van der Waals surface area contributed by atoms with Crippen LogP contribution >= 0.6 is 0 Å². The Bertz CT molecular complexity index is 745. The number of benzene rings is 1. The van der Waals surface area contributed by atoms with Gasteiger partial charge in [-0.3, -0.25) is 0 Å². The summed E-state index contributed by atoms with van der Waals surface area (Å²) in [5.41, 5.74) is 6.54. The SMILES string of the molecule is NC(=NCc1ccc(N2CCOCC2)nc1)Nc1cc(F)ccc1F. The number of pyridine rings is 1. The minimum absolute atomic E-state index is 0.00163. The normalized spacial score (nSPS) is 15.3. The number of rotatable bonds is 4. The molecule has 1 aromatic carbocycles. The first-order valence-corrected chi connectivity index (χ1v) is 7.91. The Kier molecular flexibility index (Phi) is 5.39. The summed E-state index contributed by atoms with van der Waals surface area (Å²) >= 11 is 0. The molecule has 1 aliphatic rings. The summed E-state index contributed by atoms with van der Waals surface area (Å²) in [7, 11) is 0. The summed E-state index contributed by atoms with van der Waals surface area (Å²) in [6.45, 7) is 3.33. The molecule has 1 aliphatic heterocycles. The van der Waals surface area contributed by atoms with E-state index in [1.165, 1.54) is 0 Å². The molecule has 3 rings (SSSR count). The zero-order valence-corrected chi connectivity index (χ0v) is 13.6.